The highest BCUT2D eigenvalue weighted by atomic mass is 15.2. The third kappa shape index (κ3) is 2.43. The highest BCUT2D eigenvalue weighted by molar-refractivity contribution is 5.79. The van der Waals surface area contributed by atoms with Gasteiger partial charge in [-0.15, -0.1) is 0 Å². The number of nitrogens with zero attached hydrogens (tertiary/aromatic N) is 1. The molecule has 0 bridgehead atoms. The van der Waals surface area contributed by atoms with E-state index in [0.29, 0.717) is 5.92 Å². The Bertz CT molecular complexity index is 608. The van der Waals surface area contributed by atoms with Crippen LogP contribution in [0.5, 0.6) is 0 Å². The Labute approximate surface area is 120 Å². The number of hydrazine groups is 1. The average Bonchev–Trinajstić information content (AvgIpc) is 2.86. The van der Waals surface area contributed by atoms with Crippen LogP contribution in [-0.4, -0.2) is 4.98 Å². The van der Waals surface area contributed by atoms with E-state index in [0.717, 1.165) is 17.1 Å². The average molecular weight is 269 g/mol. The van der Waals surface area contributed by atoms with E-state index in [1.165, 1.54) is 30.2 Å². The van der Waals surface area contributed by atoms with E-state index in [1.807, 2.05) is 6.92 Å². The van der Waals surface area contributed by atoms with Crippen LogP contribution in [0.25, 0.3) is 10.9 Å². The maximum absolute atomic E-state index is 5.85. The zero-order chi connectivity index (χ0) is 14.1. The summed E-state index contributed by atoms with van der Waals surface area (Å²) in [7, 11) is 0. The number of nitrogens with one attached hydrogen (secondary N) is 1. The van der Waals surface area contributed by atoms with E-state index < -0.39 is 0 Å². The first kappa shape index (κ1) is 13.5. The van der Waals surface area contributed by atoms with Crippen molar-refractivity contribution in [2.75, 3.05) is 0 Å². The molecule has 0 radical (unpaired) electrons. The Morgan fingerprint density at radius 1 is 1.25 bits per heavy atom. The van der Waals surface area contributed by atoms with Crippen LogP contribution in [-0.2, 0) is 0 Å². The molecule has 3 nitrogen and oxygen atoms in total. The van der Waals surface area contributed by atoms with Gasteiger partial charge in [0.2, 0.25) is 0 Å². The largest absolute Gasteiger partial charge is 0.271 e. The second kappa shape index (κ2) is 5.51. The van der Waals surface area contributed by atoms with Gasteiger partial charge in [-0.1, -0.05) is 31.9 Å². The van der Waals surface area contributed by atoms with Gasteiger partial charge >= 0.3 is 0 Å². The van der Waals surface area contributed by atoms with Gasteiger partial charge in [-0.05, 0) is 48.9 Å². The Balaban J connectivity index is 1.97. The summed E-state index contributed by atoms with van der Waals surface area (Å²) in [6.07, 6.45) is 3.90. The first-order valence-electron chi connectivity index (χ1n) is 7.52. The maximum atomic E-state index is 5.85. The molecular formula is C17H23N3. The van der Waals surface area contributed by atoms with Crippen molar-refractivity contribution in [3.8, 4) is 0 Å². The molecule has 0 spiro atoms. The first-order valence-corrected chi connectivity index (χ1v) is 7.52. The van der Waals surface area contributed by atoms with E-state index in [4.69, 9.17) is 5.84 Å². The smallest absolute Gasteiger partial charge is 0.0705 e. The molecule has 106 valence electrons. The summed E-state index contributed by atoms with van der Waals surface area (Å²) in [5.74, 6) is 7.22. The Morgan fingerprint density at radius 2 is 2.10 bits per heavy atom. The van der Waals surface area contributed by atoms with Crippen LogP contribution >= 0.6 is 0 Å². The SMILES string of the molecule is Cc1ccc2cc(C(NN)C3CCCC3C)ccc2n1. The van der Waals surface area contributed by atoms with Gasteiger partial charge in [0.1, 0.15) is 0 Å². The zero-order valence-electron chi connectivity index (χ0n) is 12.3. The predicted octanol–water partition coefficient (Wildman–Crippen LogP) is 3.48. The summed E-state index contributed by atoms with van der Waals surface area (Å²) in [6, 6.07) is 11.0. The monoisotopic (exact) mass is 269 g/mol. The van der Waals surface area contributed by atoms with Gasteiger partial charge in [-0.25, -0.2) is 0 Å². The molecule has 1 aliphatic carbocycles. The molecule has 1 heterocycles. The number of hydrogen-bond acceptors (Lipinski definition) is 3. The highest BCUT2D eigenvalue weighted by Crippen LogP contribution is 2.40. The summed E-state index contributed by atoms with van der Waals surface area (Å²) in [5.41, 5.74) is 6.45. The second-order valence-corrected chi connectivity index (χ2v) is 6.12. The van der Waals surface area contributed by atoms with E-state index >= 15 is 0 Å². The standard InChI is InChI=1S/C17H23N3/c1-11-4-3-5-15(11)17(20-18)14-8-9-16-13(10-14)7-6-12(2)19-16/h6-11,15,17,20H,3-5,18H2,1-2H3. The Morgan fingerprint density at radius 3 is 2.80 bits per heavy atom. The number of aryl methyl sites for hydroxylation is 1. The van der Waals surface area contributed by atoms with E-state index in [2.05, 4.69) is 47.7 Å². The van der Waals surface area contributed by atoms with Crippen molar-refractivity contribution in [3.63, 3.8) is 0 Å². The quantitative estimate of drug-likeness (QED) is 0.662. The fourth-order valence-electron chi connectivity index (χ4n) is 3.58. The lowest BCUT2D eigenvalue weighted by Crippen LogP contribution is -2.34. The van der Waals surface area contributed by atoms with E-state index in [-0.39, 0.29) is 6.04 Å². The molecule has 0 amide bonds. The minimum atomic E-state index is 0.248. The molecule has 1 aromatic carbocycles. The molecule has 20 heavy (non-hydrogen) atoms. The van der Waals surface area contributed by atoms with Gasteiger partial charge in [0.25, 0.3) is 0 Å². The molecule has 1 aliphatic rings. The number of aromatic nitrogens is 1. The summed E-state index contributed by atoms with van der Waals surface area (Å²) >= 11 is 0. The van der Waals surface area contributed by atoms with Crippen LogP contribution in [0.4, 0.5) is 0 Å². The minimum absolute atomic E-state index is 0.248. The molecule has 3 unspecified atom stereocenters. The second-order valence-electron chi connectivity index (χ2n) is 6.12. The molecule has 3 atom stereocenters. The topological polar surface area (TPSA) is 50.9 Å². The lowest BCUT2D eigenvalue weighted by atomic mass is 9.86. The number of nitrogens with two attached hydrogens (primary N) is 1. The summed E-state index contributed by atoms with van der Waals surface area (Å²) in [5, 5.41) is 1.19. The molecule has 2 aromatic rings. The summed E-state index contributed by atoms with van der Waals surface area (Å²) in [4.78, 5) is 4.56. The molecule has 3 N–H and O–H groups in total. The number of benzene rings is 1. The highest BCUT2D eigenvalue weighted by Gasteiger charge is 2.31. The molecule has 3 heteroatoms. The fraction of sp³-hybridized carbons (Fsp3) is 0.471. The van der Waals surface area contributed by atoms with Crippen molar-refractivity contribution in [2.45, 2.75) is 39.2 Å². The van der Waals surface area contributed by atoms with Crippen molar-refractivity contribution in [1.82, 2.24) is 10.4 Å². The molecule has 1 aromatic heterocycles. The van der Waals surface area contributed by atoms with Gasteiger partial charge in [-0.3, -0.25) is 16.3 Å². The van der Waals surface area contributed by atoms with Crippen LogP contribution < -0.4 is 11.3 Å². The van der Waals surface area contributed by atoms with Crippen LogP contribution in [0.3, 0.4) is 0 Å². The number of pyridine rings is 1. The van der Waals surface area contributed by atoms with Gasteiger partial charge in [0.05, 0.1) is 5.52 Å². The molecule has 1 saturated carbocycles. The van der Waals surface area contributed by atoms with Crippen molar-refractivity contribution in [3.05, 3.63) is 41.6 Å². The zero-order valence-corrected chi connectivity index (χ0v) is 12.3. The molecular weight excluding hydrogens is 246 g/mol. The van der Waals surface area contributed by atoms with Crippen molar-refractivity contribution in [2.24, 2.45) is 17.7 Å². The third-order valence-electron chi connectivity index (χ3n) is 4.75. The van der Waals surface area contributed by atoms with Crippen LogP contribution in [0.1, 0.15) is 43.5 Å². The molecule has 0 saturated heterocycles. The van der Waals surface area contributed by atoms with Crippen molar-refractivity contribution >= 4 is 10.9 Å². The number of fused-ring (bicyclic) bond motifs is 1. The van der Waals surface area contributed by atoms with Gasteiger partial charge < -0.3 is 0 Å². The minimum Gasteiger partial charge on any atom is -0.271 e. The summed E-state index contributed by atoms with van der Waals surface area (Å²) in [6.45, 7) is 4.37. The van der Waals surface area contributed by atoms with Crippen LogP contribution in [0, 0.1) is 18.8 Å². The van der Waals surface area contributed by atoms with Crippen LogP contribution in [0.15, 0.2) is 30.3 Å². The maximum Gasteiger partial charge on any atom is 0.0705 e. The van der Waals surface area contributed by atoms with Gasteiger partial charge in [-0.2, -0.15) is 0 Å². The number of rotatable bonds is 3. The molecule has 1 fully saturated rings. The van der Waals surface area contributed by atoms with Crippen molar-refractivity contribution < 1.29 is 0 Å². The lowest BCUT2D eigenvalue weighted by molar-refractivity contribution is 0.305. The van der Waals surface area contributed by atoms with E-state index in [1.54, 1.807) is 0 Å². The molecule has 0 aliphatic heterocycles. The lowest BCUT2D eigenvalue weighted by Gasteiger charge is -2.27. The Hall–Kier alpha value is -1.45. The van der Waals surface area contributed by atoms with Gasteiger partial charge in [0.15, 0.2) is 0 Å². The van der Waals surface area contributed by atoms with Crippen LogP contribution in [0.2, 0.25) is 0 Å². The van der Waals surface area contributed by atoms with Gasteiger partial charge in [0, 0.05) is 17.1 Å². The predicted molar refractivity (Wildman–Crippen MR) is 83.0 cm³/mol. The Kier molecular flexibility index (Phi) is 3.72. The van der Waals surface area contributed by atoms with E-state index in [9.17, 15) is 0 Å². The fourth-order valence-corrected chi connectivity index (χ4v) is 3.58. The first-order chi connectivity index (χ1) is 9.69. The third-order valence-corrected chi connectivity index (χ3v) is 4.75. The number of hydrogen-bond donors (Lipinski definition) is 2. The normalized spacial score (nSPS) is 24.1. The van der Waals surface area contributed by atoms with Crippen molar-refractivity contribution in [1.29, 1.82) is 0 Å². The molecule has 3 rings (SSSR count). The summed E-state index contributed by atoms with van der Waals surface area (Å²) < 4.78 is 0.